The maximum absolute atomic E-state index is 4.51. The van der Waals surface area contributed by atoms with Gasteiger partial charge in [0.25, 0.3) is 0 Å². The van der Waals surface area contributed by atoms with Crippen molar-refractivity contribution in [3.05, 3.63) is 17.0 Å². The Labute approximate surface area is 156 Å². The van der Waals surface area contributed by atoms with Crippen molar-refractivity contribution in [2.75, 3.05) is 20.1 Å². The first-order chi connectivity index (χ1) is 10.6. The van der Waals surface area contributed by atoms with Gasteiger partial charge in [0.1, 0.15) is 0 Å². The van der Waals surface area contributed by atoms with Crippen LogP contribution in [0.15, 0.2) is 4.99 Å². The van der Waals surface area contributed by atoms with E-state index in [0.29, 0.717) is 0 Å². The second-order valence-electron chi connectivity index (χ2n) is 6.88. The lowest BCUT2D eigenvalue weighted by Gasteiger charge is -2.22. The SMILES string of the molecule is CN=C(NCc1c(C)nn(C)c1C)N1CC2CCCCC2C1.I. The fourth-order valence-electron chi connectivity index (χ4n) is 4.15. The third-order valence-corrected chi connectivity index (χ3v) is 5.57. The fourth-order valence-corrected chi connectivity index (χ4v) is 4.15. The molecule has 6 heteroatoms. The average Bonchev–Trinajstić information content (AvgIpc) is 3.03. The second kappa shape index (κ2) is 7.85. The lowest BCUT2D eigenvalue weighted by atomic mass is 9.82. The number of fused-ring (bicyclic) bond motifs is 1. The Balaban J connectivity index is 0.00000192. The van der Waals surface area contributed by atoms with E-state index in [0.717, 1.165) is 30.0 Å². The van der Waals surface area contributed by atoms with E-state index < -0.39 is 0 Å². The van der Waals surface area contributed by atoms with Crippen LogP contribution in [0, 0.1) is 25.7 Å². The van der Waals surface area contributed by atoms with Crippen LogP contribution in [-0.4, -0.2) is 40.8 Å². The van der Waals surface area contributed by atoms with Gasteiger partial charge in [-0.25, -0.2) is 0 Å². The number of hydrogen-bond donors (Lipinski definition) is 1. The molecule has 0 radical (unpaired) electrons. The topological polar surface area (TPSA) is 45.5 Å². The van der Waals surface area contributed by atoms with Crippen LogP contribution >= 0.6 is 24.0 Å². The molecule has 2 aliphatic rings. The molecule has 1 aliphatic heterocycles. The van der Waals surface area contributed by atoms with Gasteiger partial charge < -0.3 is 10.2 Å². The van der Waals surface area contributed by atoms with Gasteiger partial charge in [-0.1, -0.05) is 12.8 Å². The molecule has 2 atom stereocenters. The van der Waals surface area contributed by atoms with Crippen molar-refractivity contribution in [2.24, 2.45) is 23.9 Å². The summed E-state index contributed by atoms with van der Waals surface area (Å²) >= 11 is 0. The van der Waals surface area contributed by atoms with E-state index in [2.05, 4.69) is 34.2 Å². The van der Waals surface area contributed by atoms with Crippen LogP contribution in [0.2, 0.25) is 0 Å². The van der Waals surface area contributed by atoms with Gasteiger partial charge in [0.05, 0.1) is 5.69 Å². The number of aryl methyl sites for hydroxylation is 2. The van der Waals surface area contributed by atoms with Crippen LogP contribution < -0.4 is 5.32 Å². The Hall–Kier alpha value is -0.790. The minimum absolute atomic E-state index is 0. The summed E-state index contributed by atoms with van der Waals surface area (Å²) < 4.78 is 1.96. The summed E-state index contributed by atoms with van der Waals surface area (Å²) in [6.07, 6.45) is 5.63. The van der Waals surface area contributed by atoms with Crippen LogP contribution in [0.25, 0.3) is 0 Å². The highest BCUT2D eigenvalue weighted by Crippen LogP contribution is 2.35. The molecular weight excluding hydrogens is 401 g/mol. The molecule has 1 aromatic rings. The molecule has 0 spiro atoms. The maximum Gasteiger partial charge on any atom is 0.193 e. The zero-order valence-corrected chi connectivity index (χ0v) is 17.1. The van der Waals surface area contributed by atoms with Crippen LogP contribution in [0.3, 0.4) is 0 Å². The number of halogens is 1. The molecule has 3 rings (SSSR count). The Morgan fingerprint density at radius 3 is 2.30 bits per heavy atom. The van der Waals surface area contributed by atoms with Crippen molar-refractivity contribution in [3.63, 3.8) is 0 Å². The zero-order chi connectivity index (χ0) is 15.7. The molecular formula is C17H30IN5. The smallest absolute Gasteiger partial charge is 0.193 e. The normalized spacial score (nSPS) is 24.3. The number of guanidine groups is 1. The fraction of sp³-hybridized carbons (Fsp3) is 0.765. The van der Waals surface area contributed by atoms with Crippen LogP contribution in [0.5, 0.6) is 0 Å². The number of rotatable bonds is 2. The molecule has 1 N–H and O–H groups in total. The molecule has 1 aliphatic carbocycles. The average molecular weight is 431 g/mol. The van der Waals surface area contributed by atoms with E-state index in [1.54, 1.807) is 0 Å². The minimum atomic E-state index is 0. The Kier molecular flexibility index (Phi) is 6.33. The van der Waals surface area contributed by atoms with Gasteiger partial charge >= 0.3 is 0 Å². The van der Waals surface area contributed by atoms with Crippen LogP contribution in [-0.2, 0) is 13.6 Å². The van der Waals surface area contributed by atoms with Gasteiger partial charge in [-0.3, -0.25) is 9.67 Å². The van der Waals surface area contributed by atoms with E-state index in [1.165, 1.54) is 50.0 Å². The van der Waals surface area contributed by atoms with Crippen molar-refractivity contribution in [1.82, 2.24) is 20.0 Å². The maximum atomic E-state index is 4.51. The van der Waals surface area contributed by atoms with Crippen molar-refractivity contribution >= 4 is 29.9 Å². The Morgan fingerprint density at radius 2 is 1.83 bits per heavy atom. The molecule has 1 saturated carbocycles. The largest absolute Gasteiger partial charge is 0.352 e. The van der Waals surface area contributed by atoms with Gasteiger partial charge in [0.15, 0.2) is 5.96 Å². The van der Waals surface area contributed by atoms with E-state index in [4.69, 9.17) is 0 Å². The Bertz CT molecular complexity index is 552. The molecule has 2 unspecified atom stereocenters. The third kappa shape index (κ3) is 3.83. The molecule has 1 aromatic heterocycles. The van der Waals surface area contributed by atoms with Crippen molar-refractivity contribution < 1.29 is 0 Å². The number of hydrogen-bond acceptors (Lipinski definition) is 2. The summed E-state index contributed by atoms with van der Waals surface area (Å²) in [6, 6.07) is 0. The second-order valence-corrected chi connectivity index (χ2v) is 6.88. The summed E-state index contributed by atoms with van der Waals surface area (Å²) in [6.45, 7) is 7.37. The number of aliphatic imine (C=N–C) groups is 1. The number of nitrogens with zero attached hydrogens (tertiary/aromatic N) is 4. The molecule has 130 valence electrons. The highest BCUT2D eigenvalue weighted by Gasteiger charge is 2.35. The van der Waals surface area contributed by atoms with E-state index in [9.17, 15) is 0 Å². The molecule has 1 saturated heterocycles. The van der Waals surface area contributed by atoms with Crippen LogP contribution in [0.1, 0.15) is 42.6 Å². The zero-order valence-electron chi connectivity index (χ0n) is 14.8. The van der Waals surface area contributed by atoms with E-state index >= 15 is 0 Å². The number of nitrogens with one attached hydrogen (secondary N) is 1. The molecule has 0 bridgehead atoms. The molecule has 5 nitrogen and oxygen atoms in total. The molecule has 23 heavy (non-hydrogen) atoms. The standard InChI is InChI=1S/C17H29N5.HI/c1-12-16(13(2)21(4)20-12)9-19-17(18-3)22-10-14-7-5-6-8-15(14)11-22;/h14-15H,5-11H2,1-4H3,(H,18,19);1H. The summed E-state index contributed by atoms with van der Waals surface area (Å²) in [5, 5.41) is 8.05. The number of aromatic nitrogens is 2. The molecule has 2 heterocycles. The predicted molar refractivity (Wildman–Crippen MR) is 105 cm³/mol. The van der Waals surface area contributed by atoms with Gasteiger partial charge in [0, 0.05) is 45.0 Å². The van der Waals surface area contributed by atoms with Gasteiger partial charge in [0.2, 0.25) is 0 Å². The van der Waals surface area contributed by atoms with Gasteiger partial charge in [-0.2, -0.15) is 5.10 Å². The lowest BCUT2D eigenvalue weighted by Crippen LogP contribution is -2.40. The molecule has 2 fully saturated rings. The first-order valence-corrected chi connectivity index (χ1v) is 8.54. The monoisotopic (exact) mass is 431 g/mol. The Morgan fingerprint density at radius 1 is 1.22 bits per heavy atom. The minimum Gasteiger partial charge on any atom is -0.352 e. The first kappa shape index (κ1) is 18.5. The van der Waals surface area contributed by atoms with Crippen molar-refractivity contribution in [1.29, 1.82) is 0 Å². The quantitative estimate of drug-likeness (QED) is 0.445. The van der Waals surface area contributed by atoms with Crippen molar-refractivity contribution in [3.8, 4) is 0 Å². The highest BCUT2D eigenvalue weighted by molar-refractivity contribution is 14.0. The highest BCUT2D eigenvalue weighted by atomic mass is 127. The molecule has 0 aromatic carbocycles. The first-order valence-electron chi connectivity index (χ1n) is 8.54. The lowest BCUT2D eigenvalue weighted by molar-refractivity contribution is 0.299. The molecule has 0 amide bonds. The summed E-state index contributed by atoms with van der Waals surface area (Å²) in [7, 11) is 3.90. The van der Waals surface area contributed by atoms with E-state index in [-0.39, 0.29) is 24.0 Å². The van der Waals surface area contributed by atoms with Gasteiger partial charge in [-0.05, 0) is 38.5 Å². The van der Waals surface area contributed by atoms with E-state index in [1.807, 2.05) is 18.8 Å². The van der Waals surface area contributed by atoms with Crippen molar-refractivity contribution in [2.45, 2.75) is 46.1 Å². The van der Waals surface area contributed by atoms with Gasteiger partial charge in [-0.15, -0.1) is 24.0 Å². The van der Waals surface area contributed by atoms with Crippen LogP contribution in [0.4, 0.5) is 0 Å². The summed E-state index contributed by atoms with van der Waals surface area (Å²) in [5.74, 6) is 2.82. The summed E-state index contributed by atoms with van der Waals surface area (Å²) in [5.41, 5.74) is 3.63. The number of likely N-dealkylation sites (tertiary alicyclic amines) is 1. The predicted octanol–water partition coefficient (Wildman–Crippen LogP) is 2.85. The third-order valence-electron chi connectivity index (χ3n) is 5.57. The summed E-state index contributed by atoms with van der Waals surface area (Å²) in [4.78, 5) is 6.97.